The standard InChI is InChI=1S/C14H11BrS/c15-13-8-6-12(7-9-13)10-11-16-14-4-2-1-3-5-14/h1-11H/b11-10+. The summed E-state index contributed by atoms with van der Waals surface area (Å²) < 4.78 is 1.11. The maximum Gasteiger partial charge on any atom is 0.0175 e. The summed E-state index contributed by atoms with van der Waals surface area (Å²) in [5.41, 5.74) is 1.21. The van der Waals surface area contributed by atoms with Crippen LogP contribution in [0.4, 0.5) is 0 Å². The van der Waals surface area contributed by atoms with Crippen LogP contribution in [0.1, 0.15) is 5.56 Å². The molecule has 0 spiro atoms. The van der Waals surface area contributed by atoms with Crippen molar-refractivity contribution in [3.63, 3.8) is 0 Å². The number of hydrogen-bond donors (Lipinski definition) is 0. The predicted octanol–water partition coefficient (Wildman–Crippen LogP) is 5.21. The molecule has 0 unspecified atom stereocenters. The highest BCUT2D eigenvalue weighted by Gasteiger charge is 1.89. The molecule has 0 fully saturated rings. The lowest BCUT2D eigenvalue weighted by Gasteiger charge is -1.95. The second kappa shape index (κ2) is 5.92. The second-order valence-electron chi connectivity index (χ2n) is 3.29. The monoisotopic (exact) mass is 290 g/mol. The summed E-state index contributed by atoms with van der Waals surface area (Å²) in [6, 6.07) is 18.6. The van der Waals surface area contributed by atoms with Gasteiger partial charge >= 0.3 is 0 Å². The number of rotatable bonds is 3. The van der Waals surface area contributed by atoms with Crippen LogP contribution >= 0.6 is 27.7 Å². The van der Waals surface area contributed by atoms with Crippen molar-refractivity contribution in [1.29, 1.82) is 0 Å². The highest BCUT2D eigenvalue weighted by atomic mass is 79.9. The van der Waals surface area contributed by atoms with Gasteiger partial charge in [-0.1, -0.05) is 58.0 Å². The fraction of sp³-hybridized carbons (Fsp3) is 0. The molecule has 0 nitrogen and oxygen atoms in total. The zero-order chi connectivity index (χ0) is 11.2. The zero-order valence-electron chi connectivity index (χ0n) is 8.64. The van der Waals surface area contributed by atoms with E-state index >= 15 is 0 Å². The molecule has 16 heavy (non-hydrogen) atoms. The summed E-state index contributed by atoms with van der Waals surface area (Å²) in [6.45, 7) is 0. The van der Waals surface area contributed by atoms with Crippen molar-refractivity contribution in [3.8, 4) is 0 Å². The van der Waals surface area contributed by atoms with Crippen molar-refractivity contribution >= 4 is 33.8 Å². The molecule has 2 aromatic rings. The fourth-order valence-electron chi connectivity index (χ4n) is 1.26. The highest BCUT2D eigenvalue weighted by molar-refractivity contribution is 9.10. The molecule has 0 amide bonds. The van der Waals surface area contributed by atoms with Gasteiger partial charge in [0.15, 0.2) is 0 Å². The topological polar surface area (TPSA) is 0 Å². The normalized spacial score (nSPS) is 10.8. The smallest absolute Gasteiger partial charge is 0.0175 e. The first-order chi connectivity index (χ1) is 7.84. The van der Waals surface area contributed by atoms with Crippen LogP contribution in [0.5, 0.6) is 0 Å². The summed E-state index contributed by atoms with van der Waals surface area (Å²) in [7, 11) is 0. The van der Waals surface area contributed by atoms with Crippen molar-refractivity contribution in [2.24, 2.45) is 0 Å². The van der Waals surface area contributed by atoms with Crippen molar-refractivity contribution in [1.82, 2.24) is 0 Å². The van der Waals surface area contributed by atoms with Gasteiger partial charge in [0.1, 0.15) is 0 Å². The maximum atomic E-state index is 3.42. The molecular weight excluding hydrogens is 280 g/mol. The maximum absolute atomic E-state index is 3.42. The molecule has 0 radical (unpaired) electrons. The molecule has 0 N–H and O–H groups in total. The van der Waals surface area contributed by atoms with E-state index in [1.165, 1.54) is 10.5 Å². The lowest BCUT2D eigenvalue weighted by atomic mass is 10.2. The SMILES string of the molecule is Brc1ccc(/C=C/Sc2ccccc2)cc1. The first-order valence-electron chi connectivity index (χ1n) is 4.98. The average molecular weight is 291 g/mol. The van der Waals surface area contributed by atoms with Crippen LogP contribution in [0.15, 0.2) is 69.4 Å². The molecule has 2 rings (SSSR count). The fourth-order valence-corrected chi connectivity index (χ4v) is 2.23. The van der Waals surface area contributed by atoms with E-state index in [1.54, 1.807) is 11.8 Å². The minimum absolute atomic E-state index is 1.11. The molecule has 2 heteroatoms. The molecule has 0 saturated carbocycles. The zero-order valence-corrected chi connectivity index (χ0v) is 11.0. The Bertz CT molecular complexity index is 460. The third-order valence-electron chi connectivity index (χ3n) is 2.08. The van der Waals surface area contributed by atoms with Crippen molar-refractivity contribution in [2.45, 2.75) is 4.90 Å². The Kier molecular flexibility index (Phi) is 4.25. The molecule has 0 aliphatic rings. The van der Waals surface area contributed by atoms with Crippen LogP contribution in [0.3, 0.4) is 0 Å². The Morgan fingerprint density at radius 2 is 1.56 bits per heavy atom. The van der Waals surface area contributed by atoms with E-state index in [1.807, 2.05) is 18.2 Å². The van der Waals surface area contributed by atoms with Crippen LogP contribution in [0.25, 0.3) is 6.08 Å². The Balaban J connectivity index is 1.98. The molecular formula is C14H11BrS. The Morgan fingerprint density at radius 1 is 0.875 bits per heavy atom. The summed E-state index contributed by atoms with van der Waals surface area (Å²) in [5, 5.41) is 2.11. The Labute approximate surface area is 109 Å². The number of benzene rings is 2. The van der Waals surface area contributed by atoms with E-state index in [9.17, 15) is 0 Å². The van der Waals surface area contributed by atoms with Crippen molar-refractivity contribution in [2.75, 3.05) is 0 Å². The molecule has 0 saturated heterocycles. The van der Waals surface area contributed by atoms with Gasteiger partial charge in [0.2, 0.25) is 0 Å². The van der Waals surface area contributed by atoms with Crippen molar-refractivity contribution < 1.29 is 0 Å². The molecule has 0 atom stereocenters. The lowest BCUT2D eigenvalue weighted by Crippen LogP contribution is -1.70. The van der Waals surface area contributed by atoms with Gasteiger partial charge in [0, 0.05) is 9.37 Å². The quantitative estimate of drug-likeness (QED) is 0.699. The van der Waals surface area contributed by atoms with Gasteiger partial charge in [-0.15, -0.1) is 0 Å². The van der Waals surface area contributed by atoms with E-state index < -0.39 is 0 Å². The second-order valence-corrected chi connectivity index (χ2v) is 5.18. The van der Waals surface area contributed by atoms with Gasteiger partial charge in [-0.25, -0.2) is 0 Å². The molecule has 0 aliphatic carbocycles. The van der Waals surface area contributed by atoms with Crippen LogP contribution in [0, 0.1) is 0 Å². The minimum Gasteiger partial charge on any atom is -0.0981 e. The number of hydrogen-bond acceptors (Lipinski definition) is 1. The first-order valence-corrected chi connectivity index (χ1v) is 6.66. The summed E-state index contributed by atoms with van der Waals surface area (Å²) >= 11 is 5.15. The highest BCUT2D eigenvalue weighted by Crippen LogP contribution is 2.20. The Hall–Kier alpha value is -0.990. The van der Waals surface area contributed by atoms with Gasteiger partial charge in [-0.3, -0.25) is 0 Å². The molecule has 0 heterocycles. The molecule has 80 valence electrons. The predicted molar refractivity (Wildman–Crippen MR) is 75.5 cm³/mol. The van der Waals surface area contributed by atoms with Crippen LogP contribution in [0.2, 0.25) is 0 Å². The van der Waals surface area contributed by atoms with Gasteiger partial charge in [-0.2, -0.15) is 0 Å². The third-order valence-corrected chi connectivity index (χ3v) is 3.42. The van der Waals surface area contributed by atoms with E-state index in [0.717, 1.165) is 4.47 Å². The van der Waals surface area contributed by atoms with Gasteiger partial charge < -0.3 is 0 Å². The summed E-state index contributed by atoms with van der Waals surface area (Å²) in [4.78, 5) is 1.26. The first kappa shape index (κ1) is 11.5. The Morgan fingerprint density at radius 3 is 2.25 bits per heavy atom. The van der Waals surface area contributed by atoms with E-state index in [2.05, 4.69) is 63.8 Å². The molecule has 0 aliphatic heterocycles. The lowest BCUT2D eigenvalue weighted by molar-refractivity contribution is 1.47. The summed E-state index contributed by atoms with van der Waals surface area (Å²) in [6.07, 6.45) is 2.12. The molecule has 0 aromatic heterocycles. The van der Waals surface area contributed by atoms with Crippen LogP contribution in [-0.4, -0.2) is 0 Å². The van der Waals surface area contributed by atoms with E-state index in [4.69, 9.17) is 0 Å². The molecule has 0 bridgehead atoms. The van der Waals surface area contributed by atoms with E-state index in [-0.39, 0.29) is 0 Å². The van der Waals surface area contributed by atoms with Crippen molar-refractivity contribution in [3.05, 3.63) is 70.0 Å². The van der Waals surface area contributed by atoms with Crippen LogP contribution in [-0.2, 0) is 0 Å². The average Bonchev–Trinajstić information content (AvgIpc) is 2.33. The van der Waals surface area contributed by atoms with Gasteiger partial charge in [0.25, 0.3) is 0 Å². The minimum atomic E-state index is 1.11. The van der Waals surface area contributed by atoms with E-state index in [0.29, 0.717) is 0 Å². The number of thioether (sulfide) groups is 1. The largest absolute Gasteiger partial charge is 0.0981 e. The third kappa shape index (κ3) is 3.54. The number of halogens is 1. The van der Waals surface area contributed by atoms with Crippen LogP contribution < -0.4 is 0 Å². The van der Waals surface area contributed by atoms with Gasteiger partial charge in [-0.05, 0) is 41.3 Å². The van der Waals surface area contributed by atoms with Gasteiger partial charge in [0.05, 0.1) is 0 Å². The molecule has 2 aromatic carbocycles. The summed E-state index contributed by atoms with van der Waals surface area (Å²) in [5.74, 6) is 0.